The molecule has 0 aliphatic heterocycles. The molecule has 0 fully saturated rings. The van der Waals surface area contributed by atoms with Crippen molar-refractivity contribution < 1.29 is 0 Å². The summed E-state index contributed by atoms with van der Waals surface area (Å²) in [5.41, 5.74) is 31.0. The molecule has 18 aromatic carbocycles. The van der Waals surface area contributed by atoms with Crippen LogP contribution in [0.1, 0.15) is 0 Å². The van der Waals surface area contributed by atoms with E-state index in [1.807, 2.05) is 0 Å². The van der Waals surface area contributed by atoms with Gasteiger partial charge >= 0.3 is 0 Å². The van der Waals surface area contributed by atoms with E-state index in [1.54, 1.807) is 0 Å². The van der Waals surface area contributed by atoms with Crippen LogP contribution < -0.4 is 0 Å². The zero-order valence-electron chi connectivity index (χ0n) is 62.1. The van der Waals surface area contributed by atoms with Crippen LogP contribution in [0.15, 0.2) is 425 Å². The number of hydrogen-bond acceptors (Lipinski definition) is 0. The van der Waals surface area contributed by atoms with Gasteiger partial charge in [0.15, 0.2) is 0 Å². The van der Waals surface area contributed by atoms with Crippen molar-refractivity contribution in [2.45, 2.75) is 0 Å². The molecule has 0 unspecified atom stereocenters. The number of hydrogen-bond donors (Lipinski definition) is 0. The van der Waals surface area contributed by atoms with Gasteiger partial charge in [-0.15, -0.1) is 0 Å². The molecule has 114 heavy (non-hydrogen) atoms. The fourth-order valence-electron chi connectivity index (χ4n) is 18.6. The largest absolute Gasteiger partial charge is 0.309 e. The second kappa shape index (κ2) is 26.2. The normalized spacial score (nSPS) is 11.9. The van der Waals surface area contributed by atoms with E-state index in [2.05, 4.69) is 452 Å². The molecule has 532 valence electrons. The van der Waals surface area contributed by atoms with E-state index in [4.69, 9.17) is 0 Å². The molecule has 0 amide bonds. The first-order valence-electron chi connectivity index (χ1n) is 39.2. The molecule has 24 aromatic rings. The zero-order chi connectivity index (χ0) is 74.9. The molecule has 0 N–H and O–H groups in total. The van der Waals surface area contributed by atoms with Crippen molar-refractivity contribution in [1.82, 2.24) is 27.4 Å². The zero-order valence-corrected chi connectivity index (χ0v) is 62.1. The van der Waals surface area contributed by atoms with Crippen LogP contribution in [0.4, 0.5) is 0 Å². The van der Waals surface area contributed by atoms with E-state index in [0.29, 0.717) is 0 Å². The van der Waals surface area contributed by atoms with E-state index in [1.165, 1.54) is 181 Å². The van der Waals surface area contributed by atoms with Gasteiger partial charge in [0, 0.05) is 93.1 Å². The standard InChI is InChI=1S/2C54H35N3/c1-3-15-36(16-4-1)37-17-13-20-41(33-37)56-47-24-10-7-21-42(47)45-34-38(29-31-50(45)56)39-30-32-51-46(35-39)43-22-8-11-25-48(43)57(51)53-28-14-27-52-54(53)44-23-9-12-26-49(44)55(52)40-18-5-2-6-19-40;1-3-14-36(15-4-1)37-16-13-19-41(32-37)56-50-24-11-8-21-44(50)47-33-38(26-30-52(47)56)39-27-31-53-48(34-39)45-22-9-12-25-51(45)57(53)42-28-29-46-43-20-7-10-23-49(43)55(54(46)35-42)40-17-5-2-6-18-40/h2*1-35H. The van der Waals surface area contributed by atoms with E-state index in [9.17, 15) is 0 Å². The average molecular weight is 1450 g/mol. The van der Waals surface area contributed by atoms with Gasteiger partial charge in [0.25, 0.3) is 0 Å². The van der Waals surface area contributed by atoms with Gasteiger partial charge in [-0.25, -0.2) is 0 Å². The molecule has 0 bridgehead atoms. The number of fused-ring (bicyclic) bond motifs is 18. The van der Waals surface area contributed by atoms with E-state index < -0.39 is 0 Å². The van der Waals surface area contributed by atoms with Crippen LogP contribution in [0.3, 0.4) is 0 Å². The van der Waals surface area contributed by atoms with Gasteiger partial charge in [0.05, 0.1) is 71.9 Å². The minimum absolute atomic E-state index is 1.15. The van der Waals surface area contributed by atoms with Crippen molar-refractivity contribution in [1.29, 1.82) is 0 Å². The van der Waals surface area contributed by atoms with Gasteiger partial charge in [-0.2, -0.15) is 0 Å². The Kier molecular flexibility index (Phi) is 14.9. The molecular formula is C108H70N6. The lowest BCUT2D eigenvalue weighted by Crippen LogP contribution is -1.96. The van der Waals surface area contributed by atoms with Gasteiger partial charge in [0.1, 0.15) is 0 Å². The number of rotatable bonds is 10. The van der Waals surface area contributed by atoms with Crippen molar-refractivity contribution in [3.63, 3.8) is 0 Å². The summed E-state index contributed by atoms with van der Waals surface area (Å²) < 4.78 is 14.5. The van der Waals surface area contributed by atoms with Gasteiger partial charge in [-0.3, -0.25) is 0 Å². The van der Waals surface area contributed by atoms with E-state index in [0.717, 1.165) is 28.4 Å². The topological polar surface area (TPSA) is 29.6 Å². The van der Waals surface area contributed by atoms with Crippen molar-refractivity contribution in [3.05, 3.63) is 425 Å². The number of nitrogens with zero attached hydrogens (tertiary/aromatic N) is 6. The molecule has 0 aliphatic rings. The molecule has 0 atom stereocenters. The van der Waals surface area contributed by atoms with Gasteiger partial charge in [-0.05, 0) is 202 Å². The Balaban J connectivity index is 0.000000135. The summed E-state index contributed by atoms with van der Waals surface area (Å²) in [5.74, 6) is 0. The van der Waals surface area contributed by atoms with Crippen LogP contribution >= 0.6 is 0 Å². The third-order valence-electron chi connectivity index (χ3n) is 23.6. The molecule has 0 saturated carbocycles. The molecule has 0 spiro atoms. The molecule has 6 nitrogen and oxygen atoms in total. The fraction of sp³-hybridized carbons (Fsp3) is 0. The first kappa shape index (κ1) is 64.7. The minimum atomic E-state index is 1.15. The second-order valence-corrected chi connectivity index (χ2v) is 29.9. The van der Waals surface area contributed by atoms with Crippen molar-refractivity contribution in [3.8, 4) is 78.6 Å². The first-order chi connectivity index (χ1) is 56.6. The third-order valence-corrected chi connectivity index (χ3v) is 23.6. The SMILES string of the molecule is c1ccc(-c2cccc(-n3c4ccccc4c4cc(-c5ccc6c(c5)c5ccccc5n6-c5ccc6c7ccccc7n(-c7ccccc7)c6c5)ccc43)c2)cc1.c1ccc(-c2cccc(-n3c4ccccc4c4cc(-c5ccc6c(c5)c5ccccc5n6-c5cccc6c5c5ccccc5n6-c5ccccc5)ccc43)c2)cc1. The predicted molar refractivity (Wildman–Crippen MR) is 481 cm³/mol. The highest BCUT2D eigenvalue weighted by molar-refractivity contribution is 6.19. The molecular weight excluding hydrogens is 1380 g/mol. The van der Waals surface area contributed by atoms with Crippen LogP contribution in [-0.2, 0) is 0 Å². The van der Waals surface area contributed by atoms with E-state index in [-0.39, 0.29) is 0 Å². The van der Waals surface area contributed by atoms with Crippen molar-refractivity contribution >= 4 is 131 Å². The fourth-order valence-corrected chi connectivity index (χ4v) is 18.6. The van der Waals surface area contributed by atoms with E-state index >= 15 is 0 Å². The van der Waals surface area contributed by atoms with Gasteiger partial charge in [0.2, 0.25) is 0 Å². The predicted octanol–water partition coefficient (Wildman–Crippen LogP) is 28.6. The van der Waals surface area contributed by atoms with Crippen LogP contribution in [0.5, 0.6) is 0 Å². The Hall–Kier alpha value is -15.2. The molecule has 0 radical (unpaired) electrons. The summed E-state index contributed by atoms with van der Waals surface area (Å²) in [6, 6.07) is 155. The number of aromatic nitrogens is 6. The lowest BCUT2D eigenvalue weighted by molar-refractivity contribution is 1.15. The molecule has 6 heterocycles. The monoisotopic (exact) mass is 1450 g/mol. The average Bonchev–Trinajstić information content (AvgIpc) is 1.57. The Morgan fingerprint density at radius 2 is 0.368 bits per heavy atom. The molecule has 24 rings (SSSR count). The van der Waals surface area contributed by atoms with Gasteiger partial charge in [-0.1, -0.05) is 267 Å². The van der Waals surface area contributed by atoms with Crippen LogP contribution in [-0.4, -0.2) is 27.4 Å². The molecule has 0 saturated heterocycles. The maximum absolute atomic E-state index is 2.47. The molecule has 0 aliphatic carbocycles. The quantitative estimate of drug-likeness (QED) is 0.131. The summed E-state index contributed by atoms with van der Waals surface area (Å²) in [7, 11) is 0. The van der Waals surface area contributed by atoms with Crippen LogP contribution in [0.2, 0.25) is 0 Å². The summed E-state index contributed by atoms with van der Waals surface area (Å²) >= 11 is 0. The first-order valence-corrected chi connectivity index (χ1v) is 39.2. The lowest BCUT2D eigenvalue weighted by Gasteiger charge is -2.12. The summed E-state index contributed by atoms with van der Waals surface area (Å²) in [6.45, 7) is 0. The highest BCUT2D eigenvalue weighted by Gasteiger charge is 2.24. The molecule has 6 heteroatoms. The Morgan fingerprint density at radius 1 is 0.114 bits per heavy atom. The van der Waals surface area contributed by atoms with Crippen molar-refractivity contribution in [2.24, 2.45) is 0 Å². The maximum Gasteiger partial charge on any atom is 0.0562 e. The summed E-state index contributed by atoms with van der Waals surface area (Å²) in [5, 5.41) is 15.0. The van der Waals surface area contributed by atoms with Crippen LogP contribution in [0, 0.1) is 0 Å². The second-order valence-electron chi connectivity index (χ2n) is 29.9. The number of para-hydroxylation sites is 8. The summed E-state index contributed by atoms with van der Waals surface area (Å²) in [4.78, 5) is 0. The van der Waals surface area contributed by atoms with Crippen molar-refractivity contribution in [2.75, 3.05) is 0 Å². The van der Waals surface area contributed by atoms with Gasteiger partial charge < -0.3 is 27.4 Å². The highest BCUT2D eigenvalue weighted by atomic mass is 15.0. The third kappa shape index (κ3) is 10.3. The maximum atomic E-state index is 2.47. The number of benzene rings is 18. The summed E-state index contributed by atoms with van der Waals surface area (Å²) in [6.07, 6.45) is 0. The highest BCUT2D eigenvalue weighted by Crippen LogP contribution is 2.45. The minimum Gasteiger partial charge on any atom is -0.309 e. The smallest absolute Gasteiger partial charge is 0.0562 e. The Bertz CT molecular complexity index is 7920. The Morgan fingerprint density at radius 3 is 0.781 bits per heavy atom. The Labute approximate surface area is 657 Å². The molecule has 6 aromatic heterocycles. The van der Waals surface area contributed by atoms with Crippen LogP contribution in [0.25, 0.3) is 209 Å². The lowest BCUT2D eigenvalue weighted by atomic mass is 10.0.